The van der Waals surface area contributed by atoms with E-state index in [-0.39, 0.29) is 23.0 Å². The van der Waals surface area contributed by atoms with Gasteiger partial charge in [0, 0.05) is 28.3 Å². The molecule has 31 heavy (non-hydrogen) atoms. The van der Waals surface area contributed by atoms with Gasteiger partial charge in [-0.25, -0.2) is 4.39 Å². The number of halogens is 2. The smallest absolute Gasteiger partial charge is 0.323 e. The minimum Gasteiger partial charge on any atom is -0.493 e. The van der Waals surface area contributed by atoms with Crippen LogP contribution >= 0.6 is 0 Å². The molecule has 3 atom stereocenters. The predicted octanol–water partition coefficient (Wildman–Crippen LogP) is 2.13. The highest BCUT2D eigenvalue weighted by Crippen LogP contribution is 2.49. The molecule has 0 aliphatic carbocycles. The number of anilines is 1. The van der Waals surface area contributed by atoms with Crippen molar-refractivity contribution in [2.75, 3.05) is 12.4 Å². The van der Waals surface area contributed by atoms with E-state index in [1.165, 1.54) is 25.3 Å². The lowest BCUT2D eigenvalue weighted by molar-refractivity contribution is -0.905. The van der Waals surface area contributed by atoms with Gasteiger partial charge in [-0.2, -0.15) is 4.39 Å². The molecule has 0 unspecified atom stereocenters. The molecule has 1 aliphatic rings. The lowest BCUT2D eigenvalue weighted by Crippen LogP contribution is -2.40. The Balaban J connectivity index is 1.99. The SMILES string of the molecule is COc1c([C@H]2[C@H](C(=O)Nc3cc[n+](O)c(C(N)=O)c3)OC(C)(C)[C@H]2C)ccc(F)c1F. The molecule has 2 heterocycles. The number of primary amides is 1. The maximum absolute atomic E-state index is 14.4. The van der Waals surface area contributed by atoms with Gasteiger partial charge in [0.25, 0.3) is 5.91 Å². The molecule has 3 rings (SSSR count). The number of nitrogens with one attached hydrogen (secondary N) is 1. The molecule has 2 amide bonds. The Kier molecular flexibility index (Phi) is 5.86. The molecular weight excluding hydrogens is 412 g/mol. The molecule has 166 valence electrons. The minimum atomic E-state index is -1.14. The van der Waals surface area contributed by atoms with Crippen LogP contribution in [0.5, 0.6) is 5.75 Å². The van der Waals surface area contributed by atoms with E-state index in [4.69, 9.17) is 15.2 Å². The van der Waals surface area contributed by atoms with Crippen LogP contribution in [0, 0.1) is 17.6 Å². The van der Waals surface area contributed by atoms with Gasteiger partial charge in [0.05, 0.1) is 18.4 Å². The number of hydrogen-bond acceptors (Lipinski definition) is 5. The van der Waals surface area contributed by atoms with E-state index in [1.54, 1.807) is 13.8 Å². The highest BCUT2D eigenvalue weighted by Gasteiger charge is 2.51. The van der Waals surface area contributed by atoms with Gasteiger partial charge >= 0.3 is 11.6 Å². The summed E-state index contributed by atoms with van der Waals surface area (Å²) in [7, 11) is 1.22. The standard InChI is InChI=1S/C21H23F2N3O5/c1-10-15(12-5-6-13(22)16(23)17(12)30-4)18(31-21(10,2)3)20(28)25-11-7-8-26(29)14(9-11)19(24)27/h5-10,15,18,29H,1-4H3,(H2,24,27)/p+1/t10-,15-,18+/m0/s1. The number of ether oxygens (including phenoxy) is 2. The summed E-state index contributed by atoms with van der Waals surface area (Å²) in [6.07, 6.45) is 0.0791. The van der Waals surface area contributed by atoms with Gasteiger partial charge in [-0.05, 0) is 25.8 Å². The van der Waals surface area contributed by atoms with Crippen LogP contribution in [0.4, 0.5) is 14.5 Å². The van der Waals surface area contributed by atoms with E-state index >= 15 is 0 Å². The van der Waals surface area contributed by atoms with Crippen LogP contribution in [0.25, 0.3) is 0 Å². The van der Waals surface area contributed by atoms with Crippen molar-refractivity contribution >= 4 is 17.5 Å². The molecule has 4 N–H and O–H groups in total. The van der Waals surface area contributed by atoms with Crippen LogP contribution in [-0.2, 0) is 9.53 Å². The molecule has 0 saturated carbocycles. The number of nitrogens with zero attached hydrogens (tertiary/aromatic N) is 1. The molecule has 1 fully saturated rings. The third-order valence-corrected chi connectivity index (χ3v) is 5.75. The van der Waals surface area contributed by atoms with Gasteiger partial charge in [0.15, 0.2) is 11.6 Å². The van der Waals surface area contributed by atoms with Crippen LogP contribution in [0.3, 0.4) is 0 Å². The normalized spacial score (nSPS) is 22.2. The lowest BCUT2D eigenvalue weighted by Gasteiger charge is -2.25. The summed E-state index contributed by atoms with van der Waals surface area (Å²) in [5, 5.41) is 12.3. The number of methoxy groups -OCH3 is 1. The van der Waals surface area contributed by atoms with E-state index < -0.39 is 41.1 Å². The Bertz CT molecular complexity index is 1040. The van der Waals surface area contributed by atoms with Crippen molar-refractivity contribution in [1.29, 1.82) is 0 Å². The monoisotopic (exact) mass is 436 g/mol. The summed E-state index contributed by atoms with van der Waals surface area (Å²) < 4.78 is 39.7. The Hall–Kier alpha value is -3.27. The van der Waals surface area contributed by atoms with Crippen LogP contribution in [0.1, 0.15) is 42.7 Å². The third kappa shape index (κ3) is 4.02. The predicted molar refractivity (Wildman–Crippen MR) is 105 cm³/mol. The summed E-state index contributed by atoms with van der Waals surface area (Å²) in [5.74, 6) is -4.87. The number of benzene rings is 1. The number of pyridine rings is 1. The first kappa shape index (κ1) is 22.4. The first-order valence-electron chi connectivity index (χ1n) is 9.53. The minimum absolute atomic E-state index is 0.195. The van der Waals surface area contributed by atoms with Crippen molar-refractivity contribution in [2.45, 2.75) is 38.4 Å². The molecule has 1 aliphatic heterocycles. The van der Waals surface area contributed by atoms with E-state index in [0.717, 1.165) is 12.3 Å². The van der Waals surface area contributed by atoms with Crippen molar-refractivity contribution in [3.63, 3.8) is 0 Å². The number of aromatic nitrogens is 1. The van der Waals surface area contributed by atoms with Gasteiger partial charge < -0.3 is 20.5 Å². The summed E-state index contributed by atoms with van der Waals surface area (Å²) in [6.45, 7) is 5.44. The fourth-order valence-electron chi connectivity index (χ4n) is 3.84. The van der Waals surface area contributed by atoms with Crippen molar-refractivity contribution in [3.05, 3.63) is 53.4 Å². The highest BCUT2D eigenvalue weighted by atomic mass is 19.2. The van der Waals surface area contributed by atoms with Crippen molar-refractivity contribution in [3.8, 4) is 5.75 Å². The topological polar surface area (TPSA) is 115 Å². The molecule has 0 bridgehead atoms. The Morgan fingerprint density at radius 2 is 1.97 bits per heavy atom. The molecule has 1 saturated heterocycles. The lowest BCUT2D eigenvalue weighted by atomic mass is 9.78. The second kappa shape index (κ2) is 8.10. The van der Waals surface area contributed by atoms with Crippen molar-refractivity contribution < 1.29 is 37.8 Å². The van der Waals surface area contributed by atoms with E-state index in [9.17, 15) is 23.6 Å². The molecule has 0 spiro atoms. The zero-order valence-corrected chi connectivity index (χ0v) is 17.5. The van der Waals surface area contributed by atoms with Crippen molar-refractivity contribution in [2.24, 2.45) is 11.7 Å². The molecule has 8 nitrogen and oxygen atoms in total. The average Bonchev–Trinajstić information content (AvgIpc) is 2.94. The summed E-state index contributed by atoms with van der Waals surface area (Å²) in [5.41, 5.74) is 4.71. The second-order valence-corrected chi connectivity index (χ2v) is 7.94. The van der Waals surface area contributed by atoms with E-state index in [1.807, 2.05) is 6.92 Å². The van der Waals surface area contributed by atoms with Gasteiger partial charge in [-0.1, -0.05) is 13.0 Å². The molecular formula is C21H24F2N3O5+. The number of nitrogens with two attached hydrogens (primary N) is 1. The number of rotatable bonds is 5. The summed E-state index contributed by atoms with van der Waals surface area (Å²) >= 11 is 0. The number of hydrogen-bond donors (Lipinski definition) is 3. The number of carbonyl (C=O) groups is 2. The van der Waals surface area contributed by atoms with Crippen molar-refractivity contribution in [1.82, 2.24) is 0 Å². The maximum atomic E-state index is 14.4. The molecule has 10 heteroatoms. The third-order valence-electron chi connectivity index (χ3n) is 5.75. The van der Waals surface area contributed by atoms with E-state index in [2.05, 4.69) is 5.32 Å². The van der Waals surface area contributed by atoms with Crippen LogP contribution in [0.15, 0.2) is 30.5 Å². The first-order chi connectivity index (χ1) is 14.5. The number of carbonyl (C=O) groups excluding carboxylic acids is 2. The zero-order valence-electron chi connectivity index (χ0n) is 17.5. The molecule has 1 aromatic heterocycles. The fourth-order valence-corrected chi connectivity index (χ4v) is 3.84. The summed E-state index contributed by atoms with van der Waals surface area (Å²) in [4.78, 5) is 24.6. The molecule has 0 radical (unpaired) electrons. The van der Waals surface area contributed by atoms with Crippen LogP contribution in [0.2, 0.25) is 0 Å². The van der Waals surface area contributed by atoms with Gasteiger partial charge in [0.1, 0.15) is 6.10 Å². The second-order valence-electron chi connectivity index (χ2n) is 7.94. The largest absolute Gasteiger partial charge is 0.493 e. The molecule has 2 aromatic rings. The van der Waals surface area contributed by atoms with Gasteiger partial charge in [-0.15, -0.1) is 0 Å². The Morgan fingerprint density at radius 1 is 1.29 bits per heavy atom. The Labute approximate surface area is 177 Å². The maximum Gasteiger partial charge on any atom is 0.323 e. The average molecular weight is 436 g/mol. The van der Waals surface area contributed by atoms with Gasteiger partial charge in [-0.3, -0.25) is 14.8 Å². The fraction of sp³-hybridized carbons (Fsp3) is 0.381. The van der Waals surface area contributed by atoms with Crippen LogP contribution < -0.4 is 20.5 Å². The van der Waals surface area contributed by atoms with Gasteiger partial charge in [0.2, 0.25) is 12.0 Å². The molecule has 1 aromatic carbocycles. The quantitative estimate of drug-likeness (QED) is 0.491. The van der Waals surface area contributed by atoms with Crippen LogP contribution in [-0.4, -0.2) is 35.8 Å². The van der Waals surface area contributed by atoms with E-state index in [0.29, 0.717) is 10.3 Å². The highest BCUT2D eigenvalue weighted by molar-refractivity contribution is 5.97. The number of amides is 2. The summed E-state index contributed by atoms with van der Waals surface area (Å²) in [6, 6.07) is 4.93. The first-order valence-corrected chi connectivity index (χ1v) is 9.53. The zero-order chi connectivity index (χ0) is 23.1. The Morgan fingerprint density at radius 3 is 2.58 bits per heavy atom.